The fourth-order valence-corrected chi connectivity index (χ4v) is 7.41. The van der Waals surface area contributed by atoms with Gasteiger partial charge in [-0.1, -0.05) is 117 Å². The average molecular weight is 725 g/mol. The minimum atomic E-state index is -1.57. The minimum absolute atomic E-state index is 0.0724. The van der Waals surface area contributed by atoms with Crippen molar-refractivity contribution < 1.29 is 24.2 Å². The quantitative estimate of drug-likeness (QED) is 0.125. The van der Waals surface area contributed by atoms with E-state index in [2.05, 4.69) is 22.3 Å². The Morgan fingerprint density at radius 2 is 1.44 bits per heavy atom. The molecular formula is C42H49ClN4O5. The zero-order chi connectivity index (χ0) is 36.5. The van der Waals surface area contributed by atoms with Crippen molar-refractivity contribution in [3.05, 3.63) is 136 Å². The number of carbonyl (C=O) groups excluding carboxylic acids is 2. The molecule has 0 spiro atoms. The summed E-state index contributed by atoms with van der Waals surface area (Å²) in [6, 6.07) is 28.2. The molecule has 2 amide bonds. The Morgan fingerprint density at radius 3 is 2.10 bits per heavy atom. The highest BCUT2D eigenvalue weighted by Crippen LogP contribution is 2.33. The smallest absolute Gasteiger partial charge is 0.273 e. The van der Waals surface area contributed by atoms with Crippen molar-refractivity contribution in [1.29, 1.82) is 0 Å². The number of hydrogen-bond donors (Lipinski definition) is 3. The summed E-state index contributed by atoms with van der Waals surface area (Å²) in [6.07, 6.45) is 7.20. The number of nitrogens with one attached hydrogen (secondary N) is 2. The molecule has 5 atom stereocenters. The van der Waals surface area contributed by atoms with Crippen molar-refractivity contribution in [2.45, 2.75) is 102 Å². The lowest BCUT2D eigenvalue weighted by molar-refractivity contribution is -0.124. The lowest BCUT2D eigenvalue weighted by atomic mass is 9.84. The van der Waals surface area contributed by atoms with Gasteiger partial charge in [0.2, 0.25) is 5.91 Å². The van der Waals surface area contributed by atoms with Crippen LogP contribution in [0.1, 0.15) is 91.2 Å². The second-order valence-electron chi connectivity index (χ2n) is 14.2. The summed E-state index contributed by atoms with van der Waals surface area (Å²) in [5.41, 5.74) is 2.06. The molecule has 2 saturated carbocycles. The summed E-state index contributed by atoms with van der Waals surface area (Å²) in [7, 11) is 0. The Balaban J connectivity index is 1.18. The van der Waals surface area contributed by atoms with Crippen LogP contribution in [0.3, 0.4) is 0 Å². The molecule has 0 aliphatic heterocycles. The number of carbonyl (C=O) groups is 2. The lowest BCUT2D eigenvalue weighted by Gasteiger charge is -2.33. The molecule has 274 valence electrons. The van der Waals surface area contributed by atoms with E-state index in [0.717, 1.165) is 62.5 Å². The number of aliphatic hydroxyl groups is 1. The van der Waals surface area contributed by atoms with Crippen LogP contribution in [0, 0.1) is 5.92 Å². The molecule has 2 aliphatic carbocycles. The van der Waals surface area contributed by atoms with E-state index in [1.807, 2.05) is 60.7 Å². The summed E-state index contributed by atoms with van der Waals surface area (Å²) in [4.78, 5) is 27.7. The summed E-state index contributed by atoms with van der Waals surface area (Å²) < 4.78 is 14.0. The molecule has 1 aromatic heterocycles. The first kappa shape index (κ1) is 37.5. The van der Waals surface area contributed by atoms with E-state index >= 15 is 0 Å². The van der Waals surface area contributed by atoms with E-state index < -0.39 is 11.5 Å². The molecule has 3 aromatic carbocycles. The third kappa shape index (κ3) is 9.58. The van der Waals surface area contributed by atoms with Crippen molar-refractivity contribution in [1.82, 2.24) is 20.4 Å². The number of hydrogen-bond acceptors (Lipinski definition) is 6. The molecule has 4 aromatic rings. The number of amides is 2. The van der Waals surface area contributed by atoms with E-state index in [1.165, 1.54) is 4.68 Å². The standard InChI is InChI=1S/C42H49ClN4O5/c1-29(34-17-9-11-19-37(34)51-27-30-13-5-3-6-14-30)44-41(49)36-25-39(42(2,50)32-21-23-33(43)24-22-32)46-47(36)26-40(48)45-35-18-10-12-20-38(35)52-28-31-15-7-4-8-16-31/h3-8,13-16,21-25,34-35,37-38,50H,1,9-12,17-20,26-28H2,2H3,(H,44,49)(H,45,48)/t34?,35-,37-,38?,42?/m0/s1. The first-order valence-electron chi connectivity index (χ1n) is 18.3. The van der Waals surface area contributed by atoms with Crippen molar-refractivity contribution in [3.8, 4) is 0 Å². The van der Waals surface area contributed by atoms with E-state index in [4.69, 9.17) is 21.1 Å². The Labute approximate surface area is 311 Å². The van der Waals surface area contributed by atoms with Crippen molar-refractivity contribution in [2.75, 3.05) is 0 Å². The Kier molecular flexibility index (Phi) is 12.6. The molecule has 2 aliphatic rings. The van der Waals surface area contributed by atoms with Gasteiger partial charge in [0.15, 0.2) is 0 Å². The van der Waals surface area contributed by atoms with E-state index in [1.54, 1.807) is 37.3 Å². The predicted molar refractivity (Wildman–Crippen MR) is 201 cm³/mol. The van der Waals surface area contributed by atoms with Crippen LogP contribution in [0.25, 0.3) is 0 Å². The van der Waals surface area contributed by atoms with Crippen LogP contribution in [0.4, 0.5) is 0 Å². The molecule has 3 unspecified atom stereocenters. The van der Waals surface area contributed by atoms with E-state index in [9.17, 15) is 14.7 Å². The molecule has 6 rings (SSSR count). The maximum atomic E-state index is 14.0. The largest absolute Gasteiger partial charge is 0.379 e. The predicted octanol–water partition coefficient (Wildman–Crippen LogP) is 7.46. The maximum absolute atomic E-state index is 14.0. The molecule has 3 N–H and O–H groups in total. The number of nitrogens with zero attached hydrogens (tertiary/aromatic N) is 2. The number of benzene rings is 3. The molecule has 2 fully saturated rings. The van der Waals surface area contributed by atoms with Crippen molar-refractivity contribution >= 4 is 23.4 Å². The molecule has 0 bridgehead atoms. The highest BCUT2D eigenvalue weighted by Gasteiger charge is 2.34. The number of halogens is 1. The van der Waals surface area contributed by atoms with Gasteiger partial charge in [-0.15, -0.1) is 0 Å². The third-order valence-electron chi connectivity index (χ3n) is 10.3. The van der Waals surface area contributed by atoms with Gasteiger partial charge in [-0.05, 0) is 67.5 Å². The van der Waals surface area contributed by atoms with Crippen LogP contribution < -0.4 is 10.6 Å². The Morgan fingerprint density at radius 1 is 0.865 bits per heavy atom. The van der Waals surface area contributed by atoms with Gasteiger partial charge in [0.1, 0.15) is 17.8 Å². The summed E-state index contributed by atoms with van der Waals surface area (Å²) in [5.74, 6) is -0.829. The lowest BCUT2D eigenvalue weighted by Crippen LogP contribution is -2.47. The molecular weight excluding hydrogens is 676 g/mol. The zero-order valence-corrected chi connectivity index (χ0v) is 30.6. The van der Waals surface area contributed by atoms with Gasteiger partial charge in [0.05, 0.1) is 37.2 Å². The normalized spacial score (nSPS) is 21.5. The highest BCUT2D eigenvalue weighted by atomic mass is 35.5. The van der Waals surface area contributed by atoms with Crippen LogP contribution in [0.5, 0.6) is 0 Å². The minimum Gasteiger partial charge on any atom is -0.379 e. The topological polar surface area (TPSA) is 115 Å². The SMILES string of the molecule is C=C(NC(=O)c1cc(C(C)(O)c2ccc(Cl)cc2)nn1CC(=O)N[C@H]1CCCCC1OCc1ccccc1)C1CCCC[C@@H]1OCc1ccccc1. The van der Waals surface area contributed by atoms with Crippen molar-refractivity contribution in [3.63, 3.8) is 0 Å². The maximum Gasteiger partial charge on any atom is 0.273 e. The fraction of sp³-hybridized carbons (Fsp3) is 0.405. The van der Waals surface area contributed by atoms with Gasteiger partial charge in [-0.3, -0.25) is 14.3 Å². The third-order valence-corrected chi connectivity index (χ3v) is 10.6. The Hall–Kier alpha value is -4.28. The fourth-order valence-electron chi connectivity index (χ4n) is 7.28. The van der Waals surface area contributed by atoms with Crippen molar-refractivity contribution in [2.24, 2.45) is 5.92 Å². The second kappa shape index (κ2) is 17.5. The van der Waals surface area contributed by atoms with Crippen LogP contribution in [-0.2, 0) is 39.6 Å². The molecule has 1 heterocycles. The molecule has 0 saturated heterocycles. The zero-order valence-electron chi connectivity index (χ0n) is 29.8. The molecule has 0 radical (unpaired) electrons. The van der Waals surface area contributed by atoms with Crippen LogP contribution in [-0.4, -0.2) is 45.0 Å². The summed E-state index contributed by atoms with van der Waals surface area (Å²) in [5, 5.41) is 23.1. The van der Waals surface area contributed by atoms with Gasteiger partial charge in [0, 0.05) is 16.6 Å². The van der Waals surface area contributed by atoms with Crippen LogP contribution in [0.2, 0.25) is 5.02 Å². The molecule has 10 heteroatoms. The summed E-state index contributed by atoms with van der Waals surface area (Å²) >= 11 is 6.13. The van der Waals surface area contributed by atoms with Gasteiger partial charge in [-0.2, -0.15) is 5.10 Å². The number of rotatable bonds is 14. The van der Waals surface area contributed by atoms with Gasteiger partial charge >= 0.3 is 0 Å². The van der Waals surface area contributed by atoms with Gasteiger partial charge in [-0.25, -0.2) is 0 Å². The summed E-state index contributed by atoms with van der Waals surface area (Å²) in [6.45, 7) is 6.61. The van der Waals surface area contributed by atoms with Gasteiger partial charge < -0.3 is 25.2 Å². The monoisotopic (exact) mass is 724 g/mol. The average Bonchev–Trinajstić information content (AvgIpc) is 3.59. The number of ether oxygens (including phenoxy) is 2. The first-order chi connectivity index (χ1) is 25.2. The van der Waals surface area contributed by atoms with Crippen LogP contribution >= 0.6 is 11.6 Å². The Bertz CT molecular complexity index is 1790. The second-order valence-corrected chi connectivity index (χ2v) is 14.6. The molecule has 52 heavy (non-hydrogen) atoms. The van der Waals surface area contributed by atoms with E-state index in [-0.39, 0.29) is 48.0 Å². The number of aromatic nitrogens is 2. The van der Waals surface area contributed by atoms with Crippen LogP contribution in [0.15, 0.2) is 103 Å². The first-order valence-corrected chi connectivity index (χ1v) is 18.7. The van der Waals surface area contributed by atoms with Gasteiger partial charge in [0.25, 0.3) is 5.91 Å². The highest BCUT2D eigenvalue weighted by molar-refractivity contribution is 6.30. The molecule has 9 nitrogen and oxygen atoms in total. The van der Waals surface area contributed by atoms with E-state index in [0.29, 0.717) is 29.5 Å².